The summed E-state index contributed by atoms with van der Waals surface area (Å²) in [5, 5.41) is 24.8. The van der Waals surface area contributed by atoms with E-state index in [1.165, 1.54) is 24.2 Å². The van der Waals surface area contributed by atoms with Crippen molar-refractivity contribution in [1.82, 2.24) is 20.0 Å². The topological polar surface area (TPSA) is 137 Å². The first-order valence-electron chi connectivity index (χ1n) is 17.2. The maximum absolute atomic E-state index is 15.5. The third-order valence-corrected chi connectivity index (χ3v) is 9.47. The summed E-state index contributed by atoms with van der Waals surface area (Å²) < 4.78 is 123. The fraction of sp³-hybridized carbons (Fsp3) is 0.444. The van der Waals surface area contributed by atoms with Gasteiger partial charge in [0, 0.05) is 24.8 Å². The molecule has 1 spiro atoms. The van der Waals surface area contributed by atoms with Gasteiger partial charge in [-0.15, -0.1) is 0 Å². The second-order valence-electron chi connectivity index (χ2n) is 12.9. The molecule has 1 aliphatic carbocycles. The van der Waals surface area contributed by atoms with Crippen molar-refractivity contribution in [2.75, 3.05) is 38.8 Å². The van der Waals surface area contributed by atoms with Crippen molar-refractivity contribution in [2.45, 2.75) is 69.4 Å². The molecule has 2 heterocycles. The van der Waals surface area contributed by atoms with E-state index in [2.05, 4.69) is 15.3 Å². The number of hydrogen-bond acceptors (Lipinski definition) is 9. The van der Waals surface area contributed by atoms with E-state index in [0.29, 0.717) is 63.2 Å². The molecule has 1 fully saturated rings. The van der Waals surface area contributed by atoms with Gasteiger partial charge in [-0.3, -0.25) is 14.6 Å². The van der Waals surface area contributed by atoms with Gasteiger partial charge in [-0.1, -0.05) is 18.9 Å². The average Bonchev–Trinajstić information content (AvgIpc) is 3.64. The van der Waals surface area contributed by atoms with Crippen LogP contribution in [0.4, 0.5) is 40.8 Å². The lowest BCUT2D eigenvalue weighted by Crippen LogP contribution is -2.62. The average molecular weight is 788 g/mol. The van der Waals surface area contributed by atoms with Crippen LogP contribution < -0.4 is 10.1 Å². The molecule has 55 heavy (non-hydrogen) atoms. The standard InChI is InChI=1S/C36H37F8N5O6/c1-48-34(11-3-4-12-34)31(51)28(33(53)49(48)19-21-7-10-26(30(38)29(21)37)55-15-6-2-5-14-54-16-13-50)32(52)47-24-9-8-22(35(39,40)41)17-23(24)25-18-27(36(42,43)44)46-20-45-25/h7-10,17-18,20,50-51H,2-6,11-16,19H2,1H3,(H,47,52). The van der Waals surface area contributed by atoms with E-state index in [1.54, 1.807) is 0 Å². The summed E-state index contributed by atoms with van der Waals surface area (Å²) in [6.45, 7) is -0.0167. The Hall–Kier alpha value is -4.88. The van der Waals surface area contributed by atoms with E-state index < -0.39 is 87.4 Å². The SMILES string of the molecule is CN1N(Cc2ccc(OCCCCCOCCO)c(F)c2F)C(=O)C(C(=O)Nc2ccc(C(F)(F)F)cc2-c2cc(C(F)(F)F)ncn2)=C(O)C12CCCC2. The number of aromatic nitrogens is 2. The zero-order valence-electron chi connectivity index (χ0n) is 29.4. The van der Waals surface area contributed by atoms with Crippen LogP contribution in [0.25, 0.3) is 11.3 Å². The molecular formula is C36H37F8N5O6. The summed E-state index contributed by atoms with van der Waals surface area (Å²) in [5.41, 5.74) is -7.01. The van der Waals surface area contributed by atoms with Gasteiger partial charge in [0.25, 0.3) is 11.8 Å². The molecule has 2 aliphatic rings. The van der Waals surface area contributed by atoms with Crippen molar-refractivity contribution in [2.24, 2.45) is 0 Å². The van der Waals surface area contributed by atoms with Crippen molar-refractivity contribution >= 4 is 17.5 Å². The number of aliphatic hydroxyl groups is 2. The van der Waals surface area contributed by atoms with Crippen molar-refractivity contribution in [3.8, 4) is 17.0 Å². The minimum Gasteiger partial charge on any atom is -0.509 e. The van der Waals surface area contributed by atoms with Crippen molar-refractivity contribution in [3.63, 3.8) is 0 Å². The summed E-state index contributed by atoms with van der Waals surface area (Å²) in [7, 11) is 1.43. The van der Waals surface area contributed by atoms with E-state index in [0.717, 1.165) is 11.1 Å². The molecule has 2 amide bonds. The monoisotopic (exact) mass is 787 g/mol. The maximum Gasteiger partial charge on any atom is 0.433 e. The van der Waals surface area contributed by atoms with E-state index in [1.807, 2.05) is 0 Å². The van der Waals surface area contributed by atoms with Gasteiger partial charge < -0.3 is 25.0 Å². The van der Waals surface area contributed by atoms with Crippen LogP contribution in [0.2, 0.25) is 0 Å². The van der Waals surface area contributed by atoms with Gasteiger partial charge in [0.2, 0.25) is 5.82 Å². The molecule has 1 aromatic heterocycles. The predicted molar refractivity (Wildman–Crippen MR) is 179 cm³/mol. The van der Waals surface area contributed by atoms with Crippen molar-refractivity contribution in [3.05, 3.63) is 82.5 Å². The summed E-state index contributed by atoms with van der Waals surface area (Å²) in [6, 6.07) is 4.56. The summed E-state index contributed by atoms with van der Waals surface area (Å²) in [5.74, 6) is -6.20. The second kappa shape index (κ2) is 16.9. The molecule has 0 atom stereocenters. The highest BCUT2D eigenvalue weighted by molar-refractivity contribution is 6.24. The molecule has 1 saturated carbocycles. The quantitative estimate of drug-likeness (QED) is 0.0899. The molecule has 5 rings (SSSR count). The van der Waals surface area contributed by atoms with Crippen LogP contribution in [0.1, 0.15) is 61.8 Å². The van der Waals surface area contributed by atoms with Gasteiger partial charge in [-0.05, 0) is 62.4 Å². The Morgan fingerprint density at radius 2 is 1.64 bits per heavy atom. The molecule has 0 saturated heterocycles. The molecule has 1 aliphatic heterocycles. The lowest BCUT2D eigenvalue weighted by Gasteiger charge is -2.48. The van der Waals surface area contributed by atoms with E-state index >= 15 is 8.78 Å². The number of amides is 2. The smallest absolute Gasteiger partial charge is 0.433 e. The highest BCUT2D eigenvalue weighted by Crippen LogP contribution is 2.45. The molecular weight excluding hydrogens is 750 g/mol. The van der Waals surface area contributed by atoms with E-state index in [4.69, 9.17) is 14.6 Å². The van der Waals surface area contributed by atoms with Crippen LogP contribution in [-0.2, 0) is 33.2 Å². The number of benzene rings is 2. The highest BCUT2D eigenvalue weighted by atomic mass is 19.4. The second-order valence-corrected chi connectivity index (χ2v) is 12.9. The Balaban J connectivity index is 1.42. The van der Waals surface area contributed by atoms with Gasteiger partial charge in [0.1, 0.15) is 23.4 Å². The minimum atomic E-state index is -4.99. The van der Waals surface area contributed by atoms with Crippen LogP contribution in [0.3, 0.4) is 0 Å². The Labute approximate surface area is 309 Å². The van der Waals surface area contributed by atoms with Gasteiger partial charge in [-0.25, -0.2) is 19.4 Å². The van der Waals surface area contributed by atoms with E-state index in [-0.39, 0.29) is 44.0 Å². The number of ether oxygens (including phenoxy) is 2. The normalized spacial score (nSPS) is 16.3. The summed E-state index contributed by atoms with van der Waals surface area (Å²) in [6.07, 6.45) is -6.11. The lowest BCUT2D eigenvalue weighted by atomic mass is 9.88. The van der Waals surface area contributed by atoms with Crippen molar-refractivity contribution in [1.29, 1.82) is 0 Å². The predicted octanol–water partition coefficient (Wildman–Crippen LogP) is 6.97. The van der Waals surface area contributed by atoms with Crippen LogP contribution in [-0.4, -0.2) is 81.0 Å². The first kappa shape index (κ1) is 41.3. The first-order chi connectivity index (χ1) is 26.0. The number of nitrogens with zero attached hydrogens (tertiary/aromatic N) is 4. The summed E-state index contributed by atoms with van der Waals surface area (Å²) in [4.78, 5) is 34.7. The Kier molecular flexibility index (Phi) is 12.7. The van der Waals surface area contributed by atoms with E-state index in [9.17, 15) is 41.0 Å². The number of hydrazine groups is 1. The molecule has 11 nitrogen and oxygen atoms in total. The fourth-order valence-electron chi connectivity index (χ4n) is 6.57. The number of alkyl halides is 6. The number of halogens is 8. The molecule has 0 unspecified atom stereocenters. The Morgan fingerprint density at radius 3 is 2.31 bits per heavy atom. The number of anilines is 1. The van der Waals surface area contributed by atoms with Crippen LogP contribution in [0.5, 0.6) is 5.75 Å². The van der Waals surface area contributed by atoms with Crippen LogP contribution in [0.15, 0.2) is 54.1 Å². The molecule has 2 aromatic carbocycles. The maximum atomic E-state index is 15.5. The largest absolute Gasteiger partial charge is 0.509 e. The Bertz CT molecular complexity index is 1920. The number of aliphatic hydroxyl groups excluding tert-OH is 2. The number of carbonyl (C=O) groups is 2. The number of rotatable bonds is 14. The number of hydrogen-bond donors (Lipinski definition) is 3. The number of likely N-dealkylation sites (N-methyl/N-ethyl adjacent to an activating group) is 1. The highest BCUT2D eigenvalue weighted by Gasteiger charge is 2.53. The lowest BCUT2D eigenvalue weighted by molar-refractivity contribution is -0.163. The summed E-state index contributed by atoms with van der Waals surface area (Å²) >= 11 is 0. The third-order valence-electron chi connectivity index (χ3n) is 9.47. The van der Waals surface area contributed by atoms with Crippen molar-refractivity contribution < 1.29 is 64.4 Å². The molecule has 298 valence electrons. The minimum absolute atomic E-state index is 0.0650. The molecule has 19 heteroatoms. The van der Waals surface area contributed by atoms with Crippen LogP contribution >= 0.6 is 0 Å². The number of nitrogens with one attached hydrogen (secondary N) is 1. The zero-order chi connectivity index (χ0) is 40.1. The van der Waals surface area contributed by atoms with Gasteiger partial charge in [0.15, 0.2) is 11.6 Å². The molecule has 3 N–H and O–H groups in total. The van der Waals surface area contributed by atoms with Gasteiger partial charge >= 0.3 is 12.4 Å². The number of carbonyl (C=O) groups excluding carboxylic acids is 2. The first-order valence-corrected chi connectivity index (χ1v) is 17.2. The van der Waals surface area contributed by atoms with Gasteiger partial charge in [-0.2, -0.15) is 30.7 Å². The van der Waals surface area contributed by atoms with Crippen LogP contribution in [0, 0.1) is 11.6 Å². The molecule has 0 bridgehead atoms. The van der Waals surface area contributed by atoms with Gasteiger partial charge in [0.05, 0.1) is 48.8 Å². The molecule has 3 aromatic rings. The Morgan fingerprint density at radius 1 is 0.927 bits per heavy atom. The molecule has 0 radical (unpaired) electrons. The fourth-order valence-corrected chi connectivity index (χ4v) is 6.57. The zero-order valence-corrected chi connectivity index (χ0v) is 29.4. The third kappa shape index (κ3) is 8.99. The number of unbranched alkanes of at least 4 members (excludes halogenated alkanes) is 2.